The summed E-state index contributed by atoms with van der Waals surface area (Å²) in [6.45, 7) is 3.34. The highest BCUT2D eigenvalue weighted by Crippen LogP contribution is 2.20. The van der Waals surface area contributed by atoms with Crippen molar-refractivity contribution in [3.63, 3.8) is 0 Å². The summed E-state index contributed by atoms with van der Waals surface area (Å²) >= 11 is 0. The van der Waals surface area contributed by atoms with E-state index in [4.69, 9.17) is 0 Å². The van der Waals surface area contributed by atoms with Crippen LogP contribution in [0.1, 0.15) is 37.3 Å². The second kappa shape index (κ2) is 7.00. The first-order chi connectivity index (χ1) is 8.90. The van der Waals surface area contributed by atoms with Crippen molar-refractivity contribution in [1.82, 2.24) is 9.55 Å². The Balaban J connectivity index is 0.000000136. The minimum atomic E-state index is 1.12. The fourth-order valence-corrected chi connectivity index (χ4v) is 2.10. The Bertz CT molecular complexity index is 423. The summed E-state index contributed by atoms with van der Waals surface area (Å²) < 4.78 is 2.12. The van der Waals surface area contributed by atoms with E-state index >= 15 is 0 Å². The van der Waals surface area contributed by atoms with Crippen molar-refractivity contribution in [3.05, 3.63) is 54.1 Å². The lowest BCUT2D eigenvalue weighted by Gasteiger charge is -2.16. The molecule has 0 saturated carbocycles. The highest BCUT2D eigenvalue weighted by Gasteiger charge is 2.09. The SMILES string of the molecule is CCCCCn1ccnc1.c1ccc2c(c1)CC2. The van der Waals surface area contributed by atoms with Crippen molar-refractivity contribution in [3.8, 4) is 0 Å². The number of fused-ring (bicyclic) bond motifs is 1. The van der Waals surface area contributed by atoms with Gasteiger partial charge in [-0.3, -0.25) is 0 Å². The first kappa shape index (κ1) is 12.9. The first-order valence-electron chi connectivity index (χ1n) is 6.92. The van der Waals surface area contributed by atoms with Crippen molar-refractivity contribution in [1.29, 1.82) is 0 Å². The third-order valence-electron chi connectivity index (χ3n) is 3.36. The van der Waals surface area contributed by atoms with E-state index in [1.54, 1.807) is 11.1 Å². The summed E-state index contributed by atoms with van der Waals surface area (Å²) in [6.07, 6.45) is 12.2. The van der Waals surface area contributed by atoms with Crippen molar-refractivity contribution < 1.29 is 0 Å². The van der Waals surface area contributed by atoms with Gasteiger partial charge >= 0.3 is 0 Å². The Hall–Kier alpha value is -1.57. The summed E-state index contributed by atoms with van der Waals surface area (Å²) in [6, 6.07) is 8.63. The molecule has 0 bridgehead atoms. The third kappa shape index (κ3) is 3.73. The first-order valence-corrected chi connectivity index (χ1v) is 6.92. The largest absolute Gasteiger partial charge is 0.337 e. The number of hydrogen-bond acceptors (Lipinski definition) is 1. The summed E-state index contributed by atoms with van der Waals surface area (Å²) in [5, 5.41) is 0. The molecule has 0 unspecified atom stereocenters. The number of hydrogen-bond donors (Lipinski definition) is 0. The molecule has 0 fully saturated rings. The molecule has 1 aliphatic carbocycles. The second-order valence-electron chi connectivity index (χ2n) is 4.78. The Morgan fingerprint density at radius 3 is 2.28 bits per heavy atom. The molecule has 1 aliphatic rings. The van der Waals surface area contributed by atoms with Crippen LogP contribution in [0.4, 0.5) is 0 Å². The zero-order valence-electron chi connectivity index (χ0n) is 11.2. The molecule has 2 nitrogen and oxygen atoms in total. The maximum absolute atomic E-state index is 3.96. The van der Waals surface area contributed by atoms with E-state index < -0.39 is 0 Å². The number of aromatic nitrogens is 2. The molecule has 18 heavy (non-hydrogen) atoms. The fourth-order valence-electron chi connectivity index (χ4n) is 2.10. The number of nitrogens with zero attached hydrogens (tertiary/aromatic N) is 2. The lowest BCUT2D eigenvalue weighted by Crippen LogP contribution is -2.06. The molecule has 1 aromatic carbocycles. The Morgan fingerprint density at radius 2 is 1.83 bits per heavy atom. The van der Waals surface area contributed by atoms with Gasteiger partial charge in [0.2, 0.25) is 0 Å². The standard InChI is InChI=1S/C8H14N2.C8H8/c1-2-3-4-6-10-7-5-9-8-10;1-2-4-8-6-5-7(8)3-1/h5,7-8H,2-4,6H2,1H3;1-4H,5-6H2. The van der Waals surface area contributed by atoms with Gasteiger partial charge in [0.15, 0.2) is 0 Å². The van der Waals surface area contributed by atoms with Gasteiger partial charge in [-0.25, -0.2) is 4.98 Å². The lowest BCUT2D eigenvalue weighted by molar-refractivity contribution is 0.602. The van der Waals surface area contributed by atoms with Gasteiger partial charge in [0.1, 0.15) is 0 Å². The number of benzene rings is 1. The molecule has 1 aromatic heterocycles. The Morgan fingerprint density at radius 1 is 1.11 bits per heavy atom. The molecule has 0 N–H and O–H groups in total. The smallest absolute Gasteiger partial charge is 0.0945 e. The van der Waals surface area contributed by atoms with Gasteiger partial charge < -0.3 is 4.57 Å². The number of unbranched alkanes of at least 4 members (excludes halogenated alkanes) is 2. The average molecular weight is 242 g/mol. The molecule has 2 heteroatoms. The van der Waals surface area contributed by atoms with Crippen LogP contribution in [0.3, 0.4) is 0 Å². The minimum Gasteiger partial charge on any atom is -0.337 e. The molecule has 0 saturated heterocycles. The lowest BCUT2D eigenvalue weighted by atomic mass is 9.89. The van der Waals surface area contributed by atoms with E-state index in [2.05, 4.69) is 40.7 Å². The van der Waals surface area contributed by atoms with Gasteiger partial charge in [0.25, 0.3) is 0 Å². The molecule has 96 valence electrons. The van der Waals surface area contributed by atoms with Gasteiger partial charge in [0.05, 0.1) is 6.33 Å². The zero-order chi connectivity index (χ0) is 12.6. The third-order valence-corrected chi connectivity index (χ3v) is 3.36. The predicted octanol–water partition coefficient (Wildman–Crippen LogP) is 3.86. The summed E-state index contributed by atoms with van der Waals surface area (Å²) in [5.41, 5.74) is 3.10. The van der Waals surface area contributed by atoms with E-state index in [-0.39, 0.29) is 0 Å². The number of imidazole rings is 1. The molecule has 3 rings (SSSR count). The topological polar surface area (TPSA) is 17.8 Å². The molecule has 0 aliphatic heterocycles. The molecule has 1 heterocycles. The van der Waals surface area contributed by atoms with Crippen molar-refractivity contribution in [2.45, 2.75) is 45.6 Å². The van der Waals surface area contributed by atoms with Gasteiger partial charge in [-0.05, 0) is 30.4 Å². The van der Waals surface area contributed by atoms with Crippen LogP contribution in [0.25, 0.3) is 0 Å². The van der Waals surface area contributed by atoms with E-state index in [1.165, 1.54) is 32.1 Å². The Labute approximate surface area is 110 Å². The Kier molecular flexibility index (Phi) is 5.00. The summed E-state index contributed by atoms with van der Waals surface area (Å²) in [7, 11) is 0. The van der Waals surface area contributed by atoms with Gasteiger partial charge in [-0.2, -0.15) is 0 Å². The summed E-state index contributed by atoms with van der Waals surface area (Å²) in [5.74, 6) is 0. The van der Waals surface area contributed by atoms with E-state index in [9.17, 15) is 0 Å². The molecular weight excluding hydrogens is 220 g/mol. The van der Waals surface area contributed by atoms with Crippen LogP contribution in [-0.4, -0.2) is 9.55 Å². The van der Waals surface area contributed by atoms with Crippen LogP contribution >= 0.6 is 0 Å². The summed E-state index contributed by atoms with van der Waals surface area (Å²) in [4.78, 5) is 3.96. The normalized spacial score (nSPS) is 12.1. The zero-order valence-corrected chi connectivity index (χ0v) is 11.2. The van der Waals surface area contributed by atoms with Crippen molar-refractivity contribution in [2.24, 2.45) is 0 Å². The van der Waals surface area contributed by atoms with E-state index in [0.717, 1.165) is 6.54 Å². The van der Waals surface area contributed by atoms with Gasteiger partial charge in [-0.15, -0.1) is 0 Å². The van der Waals surface area contributed by atoms with E-state index in [0.29, 0.717) is 0 Å². The second-order valence-corrected chi connectivity index (χ2v) is 4.78. The monoisotopic (exact) mass is 242 g/mol. The van der Waals surface area contributed by atoms with Crippen molar-refractivity contribution >= 4 is 0 Å². The quantitative estimate of drug-likeness (QED) is 0.744. The van der Waals surface area contributed by atoms with Crippen LogP contribution < -0.4 is 0 Å². The predicted molar refractivity (Wildman–Crippen MR) is 75.6 cm³/mol. The number of rotatable bonds is 4. The highest BCUT2D eigenvalue weighted by atomic mass is 15.0. The van der Waals surface area contributed by atoms with Crippen molar-refractivity contribution in [2.75, 3.05) is 0 Å². The molecule has 2 aromatic rings. The van der Waals surface area contributed by atoms with Crippen LogP contribution in [0.2, 0.25) is 0 Å². The average Bonchev–Trinajstić information content (AvgIpc) is 2.85. The van der Waals surface area contributed by atoms with Gasteiger partial charge in [-0.1, -0.05) is 44.0 Å². The maximum atomic E-state index is 3.96. The maximum Gasteiger partial charge on any atom is 0.0945 e. The minimum absolute atomic E-state index is 1.12. The molecule has 0 radical (unpaired) electrons. The van der Waals surface area contributed by atoms with Crippen LogP contribution in [-0.2, 0) is 19.4 Å². The van der Waals surface area contributed by atoms with Gasteiger partial charge in [0, 0.05) is 18.9 Å². The fraction of sp³-hybridized carbons (Fsp3) is 0.438. The molecule has 0 amide bonds. The van der Waals surface area contributed by atoms with Crippen LogP contribution in [0.5, 0.6) is 0 Å². The van der Waals surface area contributed by atoms with Crippen LogP contribution in [0.15, 0.2) is 43.0 Å². The van der Waals surface area contributed by atoms with Crippen LogP contribution in [0, 0.1) is 0 Å². The molecule has 0 spiro atoms. The number of aryl methyl sites for hydroxylation is 3. The highest BCUT2D eigenvalue weighted by molar-refractivity contribution is 5.34. The van der Waals surface area contributed by atoms with E-state index in [1.807, 2.05) is 18.7 Å². The molecule has 0 atom stereocenters. The molecular formula is C16H22N2.